The van der Waals surface area contributed by atoms with E-state index in [1.807, 2.05) is 12.1 Å². The Morgan fingerprint density at radius 2 is 2.50 bits per heavy atom. The average Bonchev–Trinajstić information content (AvgIpc) is 2.59. The van der Waals surface area contributed by atoms with Gasteiger partial charge in [0, 0.05) is 12.4 Å². The van der Waals surface area contributed by atoms with Crippen molar-refractivity contribution in [2.45, 2.75) is 6.04 Å². The van der Waals surface area contributed by atoms with E-state index >= 15 is 0 Å². The molecule has 1 aliphatic heterocycles. The lowest BCUT2D eigenvalue weighted by Crippen LogP contribution is -1.87. The summed E-state index contributed by atoms with van der Waals surface area (Å²) >= 11 is 0. The van der Waals surface area contributed by atoms with Crippen LogP contribution < -0.4 is 0 Å². The molecule has 0 bridgehead atoms. The lowest BCUT2D eigenvalue weighted by atomic mass is 10.2. The third kappa shape index (κ3) is 0.737. The van der Waals surface area contributed by atoms with Crippen molar-refractivity contribution in [2.75, 3.05) is 0 Å². The number of azo groups is 1. The van der Waals surface area contributed by atoms with E-state index in [1.54, 1.807) is 12.4 Å². The zero-order chi connectivity index (χ0) is 6.81. The van der Waals surface area contributed by atoms with Gasteiger partial charge in [-0.2, -0.15) is 15.3 Å². The summed E-state index contributed by atoms with van der Waals surface area (Å²) in [7, 11) is 0. The quantitative estimate of drug-likeness (QED) is 0.620. The van der Waals surface area contributed by atoms with E-state index in [0.29, 0.717) is 0 Å². The van der Waals surface area contributed by atoms with Crippen LogP contribution in [0.5, 0.6) is 0 Å². The van der Waals surface area contributed by atoms with E-state index < -0.39 is 0 Å². The highest BCUT2D eigenvalue weighted by Crippen LogP contribution is 2.20. The van der Waals surface area contributed by atoms with Crippen molar-refractivity contribution in [3.63, 3.8) is 0 Å². The standard InChI is InChI=1S/C6H6N4/c1-3-7-9-5(1)6-2-4-8-10-6/h1-5H,(H,8,10). The van der Waals surface area contributed by atoms with E-state index in [4.69, 9.17) is 0 Å². The number of aromatic nitrogens is 2. The van der Waals surface area contributed by atoms with Gasteiger partial charge in [0.1, 0.15) is 6.04 Å². The normalized spacial score (nSPS) is 22.2. The monoisotopic (exact) mass is 134 g/mol. The first-order valence-electron chi connectivity index (χ1n) is 3.03. The first-order chi connectivity index (χ1) is 4.97. The minimum atomic E-state index is 0.0336. The molecule has 1 atom stereocenters. The van der Waals surface area contributed by atoms with Crippen LogP contribution in [0.4, 0.5) is 0 Å². The largest absolute Gasteiger partial charge is 0.285 e. The van der Waals surface area contributed by atoms with Crippen molar-refractivity contribution < 1.29 is 0 Å². The van der Waals surface area contributed by atoms with E-state index in [0.717, 1.165) is 5.69 Å². The Morgan fingerprint density at radius 3 is 3.10 bits per heavy atom. The van der Waals surface area contributed by atoms with Crippen LogP contribution in [0.3, 0.4) is 0 Å². The van der Waals surface area contributed by atoms with Crippen LogP contribution in [0.15, 0.2) is 34.8 Å². The fourth-order valence-corrected chi connectivity index (χ4v) is 0.863. The van der Waals surface area contributed by atoms with Gasteiger partial charge in [-0.25, -0.2) is 0 Å². The molecule has 0 radical (unpaired) electrons. The molecule has 50 valence electrons. The molecule has 1 N–H and O–H groups in total. The van der Waals surface area contributed by atoms with Crippen LogP contribution in [-0.2, 0) is 0 Å². The molecule has 0 amide bonds. The SMILES string of the molecule is C1=CC(c2cc[nH]n2)N=N1. The highest BCUT2D eigenvalue weighted by molar-refractivity contribution is 5.13. The highest BCUT2D eigenvalue weighted by atomic mass is 15.2. The lowest BCUT2D eigenvalue weighted by Gasteiger charge is -1.93. The van der Waals surface area contributed by atoms with Crippen LogP contribution in [-0.4, -0.2) is 10.2 Å². The van der Waals surface area contributed by atoms with E-state index in [9.17, 15) is 0 Å². The van der Waals surface area contributed by atoms with Crippen LogP contribution >= 0.6 is 0 Å². The summed E-state index contributed by atoms with van der Waals surface area (Å²) in [5.74, 6) is 0. The number of H-pyrrole nitrogens is 1. The Labute approximate surface area is 57.7 Å². The van der Waals surface area contributed by atoms with Gasteiger partial charge in [0.05, 0.1) is 5.69 Å². The van der Waals surface area contributed by atoms with Gasteiger partial charge in [-0.05, 0) is 12.1 Å². The molecule has 0 saturated carbocycles. The Kier molecular flexibility index (Phi) is 1.10. The Bertz CT molecular complexity index is 247. The zero-order valence-corrected chi connectivity index (χ0v) is 5.23. The van der Waals surface area contributed by atoms with Crippen molar-refractivity contribution in [3.8, 4) is 0 Å². The van der Waals surface area contributed by atoms with Gasteiger partial charge in [0.25, 0.3) is 0 Å². The summed E-state index contributed by atoms with van der Waals surface area (Å²) in [5.41, 5.74) is 0.914. The maximum atomic E-state index is 3.97. The summed E-state index contributed by atoms with van der Waals surface area (Å²) in [4.78, 5) is 0. The van der Waals surface area contributed by atoms with Gasteiger partial charge < -0.3 is 0 Å². The predicted molar refractivity (Wildman–Crippen MR) is 35.3 cm³/mol. The molecule has 1 unspecified atom stereocenters. The molecule has 4 nitrogen and oxygen atoms in total. The van der Waals surface area contributed by atoms with Crippen LogP contribution in [0, 0.1) is 0 Å². The summed E-state index contributed by atoms with van der Waals surface area (Å²) in [6.07, 6.45) is 5.35. The Hall–Kier alpha value is -1.45. The maximum absolute atomic E-state index is 3.97. The van der Waals surface area contributed by atoms with Gasteiger partial charge in [-0.3, -0.25) is 5.10 Å². The molecule has 1 aromatic rings. The number of hydrogen-bond acceptors (Lipinski definition) is 3. The maximum Gasteiger partial charge on any atom is 0.135 e. The molecule has 1 aromatic heterocycles. The van der Waals surface area contributed by atoms with Crippen molar-refractivity contribution in [1.29, 1.82) is 0 Å². The van der Waals surface area contributed by atoms with E-state index in [-0.39, 0.29) is 6.04 Å². The third-order valence-corrected chi connectivity index (χ3v) is 1.35. The fraction of sp³-hybridized carbons (Fsp3) is 0.167. The second kappa shape index (κ2) is 2.06. The Balaban J connectivity index is 2.29. The van der Waals surface area contributed by atoms with Gasteiger partial charge in [-0.15, -0.1) is 0 Å². The van der Waals surface area contributed by atoms with Gasteiger partial charge in [0.2, 0.25) is 0 Å². The molecule has 0 spiro atoms. The van der Waals surface area contributed by atoms with Crippen molar-refractivity contribution >= 4 is 0 Å². The molecular weight excluding hydrogens is 128 g/mol. The first kappa shape index (κ1) is 5.34. The minimum Gasteiger partial charge on any atom is -0.285 e. The van der Waals surface area contributed by atoms with Crippen molar-refractivity contribution in [1.82, 2.24) is 10.2 Å². The molecule has 0 aromatic carbocycles. The minimum absolute atomic E-state index is 0.0336. The third-order valence-electron chi connectivity index (χ3n) is 1.35. The summed E-state index contributed by atoms with van der Waals surface area (Å²) in [5, 5.41) is 14.3. The summed E-state index contributed by atoms with van der Waals surface area (Å²) in [6.45, 7) is 0. The average molecular weight is 134 g/mol. The highest BCUT2D eigenvalue weighted by Gasteiger charge is 2.10. The molecule has 2 heterocycles. The van der Waals surface area contributed by atoms with Gasteiger partial charge in [-0.1, -0.05) is 0 Å². The van der Waals surface area contributed by atoms with Crippen LogP contribution in [0.2, 0.25) is 0 Å². The number of hydrogen-bond donors (Lipinski definition) is 1. The van der Waals surface area contributed by atoms with Gasteiger partial charge >= 0.3 is 0 Å². The lowest BCUT2D eigenvalue weighted by molar-refractivity contribution is 0.827. The molecule has 4 heteroatoms. The summed E-state index contributed by atoms with van der Waals surface area (Å²) < 4.78 is 0. The van der Waals surface area contributed by atoms with Crippen LogP contribution in [0.25, 0.3) is 0 Å². The smallest absolute Gasteiger partial charge is 0.135 e. The summed E-state index contributed by atoms with van der Waals surface area (Å²) in [6, 6.07) is 1.92. The molecular formula is C6H6N4. The molecule has 2 rings (SSSR count). The number of aromatic amines is 1. The number of nitrogens with one attached hydrogen (secondary N) is 1. The second-order valence-corrected chi connectivity index (χ2v) is 2.02. The first-order valence-corrected chi connectivity index (χ1v) is 3.03. The molecule has 0 aliphatic carbocycles. The number of rotatable bonds is 1. The Morgan fingerprint density at radius 1 is 1.50 bits per heavy atom. The van der Waals surface area contributed by atoms with Crippen molar-refractivity contribution in [2.24, 2.45) is 10.2 Å². The number of nitrogens with zero attached hydrogens (tertiary/aromatic N) is 3. The zero-order valence-electron chi connectivity index (χ0n) is 5.23. The molecule has 1 aliphatic rings. The fourth-order valence-electron chi connectivity index (χ4n) is 0.863. The topological polar surface area (TPSA) is 53.4 Å². The van der Waals surface area contributed by atoms with Crippen molar-refractivity contribution in [3.05, 3.63) is 30.2 Å². The van der Waals surface area contributed by atoms with Gasteiger partial charge in [0.15, 0.2) is 0 Å². The van der Waals surface area contributed by atoms with Crippen LogP contribution in [0.1, 0.15) is 11.7 Å². The molecule has 0 fully saturated rings. The van der Waals surface area contributed by atoms with E-state index in [2.05, 4.69) is 20.4 Å². The second-order valence-electron chi connectivity index (χ2n) is 2.02. The molecule has 0 saturated heterocycles. The van der Waals surface area contributed by atoms with E-state index in [1.165, 1.54) is 0 Å². The molecule has 10 heavy (non-hydrogen) atoms. The predicted octanol–water partition coefficient (Wildman–Crippen LogP) is 1.43.